The van der Waals surface area contributed by atoms with Gasteiger partial charge in [0.05, 0.1) is 66.2 Å². The van der Waals surface area contributed by atoms with E-state index in [9.17, 15) is 0 Å². The molecule has 29 aromatic rings. The van der Waals surface area contributed by atoms with Gasteiger partial charge in [-0.2, -0.15) is 0 Å². The van der Waals surface area contributed by atoms with Crippen LogP contribution in [0.15, 0.2) is 558 Å². The first-order chi connectivity index (χ1) is 71.4. The third-order valence-electron chi connectivity index (χ3n) is 29.2. The summed E-state index contributed by atoms with van der Waals surface area (Å²) in [6, 6.07) is 202. The van der Waals surface area contributed by atoms with E-state index >= 15 is 0 Å². The van der Waals surface area contributed by atoms with Crippen LogP contribution in [-0.4, -0.2) is 27.4 Å². The zero-order valence-electron chi connectivity index (χ0n) is 78.8. The zero-order valence-corrected chi connectivity index (χ0v) is 78.8. The predicted octanol–water partition coefficient (Wildman–Crippen LogP) is 37.0. The van der Waals surface area contributed by atoms with Crippen LogP contribution < -0.4 is 0 Å². The molecule has 0 aliphatic heterocycles. The standard InChI is InChI=1S/2C48H32N2.C42H28N2/c1-3-12-33(13-4-1)35-14-11-15-36(30-35)38-24-28-43-41-18-7-9-20-45(41)50(48(43)32-38)40-26-22-34(23-27-40)37-25-29-47-44(31-37)42-19-8-10-21-46(42)49(47)39-16-5-2-6-17-39;1-3-11-33(12-4-1)34-19-21-35(22-20-34)38-25-29-43-41-15-7-9-17-45(41)50(48(43)32-38)40-27-23-36(24-28-40)37-26-30-47-44(31-37)42-16-8-10-18-46(42)49(47)39-13-5-2-6-14-39;1-3-11-29(12-4-1)31-21-25-42-37(27-31)36-16-8-10-18-40(36)44(42)34-23-19-30(20-24-34)32-22-26-41-38(28-32)35-15-7-9-17-39(35)43(41)33-13-5-2-6-14-33/h2*1-32H;1-28H. The van der Waals surface area contributed by atoms with E-state index in [0.29, 0.717) is 0 Å². The van der Waals surface area contributed by atoms with Gasteiger partial charge < -0.3 is 27.4 Å². The van der Waals surface area contributed by atoms with E-state index in [4.69, 9.17) is 0 Å². The molecular weight excluding hydrogens is 1740 g/mol. The van der Waals surface area contributed by atoms with Gasteiger partial charge in [-0.05, 0) is 265 Å². The molecular formula is C138H92N6. The van der Waals surface area contributed by atoms with Crippen LogP contribution in [-0.2, 0) is 0 Å². The molecule has 6 aromatic heterocycles. The SMILES string of the molecule is c1ccc(-c2ccc(-c3ccc4c5ccccc5n(-c5ccc(-c6ccc7c(c6)c6ccccc6n7-c6ccccc6)cc5)c4c3)cc2)cc1.c1ccc(-c2ccc3c(c2)c2ccccc2n3-c2ccc(-c3ccc4c(c3)c3ccccc3n4-c3ccccc3)cc2)cc1.c1ccc(-c2cccc(-c3ccc4c5ccccc5n(-c5ccc(-c6ccc7c(c6)c6ccccc6n7-c6ccccc6)cc5)c4c3)c2)cc1. The van der Waals surface area contributed by atoms with Crippen molar-refractivity contribution in [1.82, 2.24) is 27.4 Å². The van der Waals surface area contributed by atoms with Gasteiger partial charge in [0.25, 0.3) is 0 Å². The van der Waals surface area contributed by atoms with Gasteiger partial charge in [-0.25, -0.2) is 0 Å². The first-order valence-corrected chi connectivity index (χ1v) is 49.5. The maximum atomic E-state index is 2.41. The summed E-state index contributed by atoms with van der Waals surface area (Å²) in [7, 11) is 0. The Morgan fingerprint density at radius 2 is 0.229 bits per heavy atom. The molecule has 674 valence electrons. The van der Waals surface area contributed by atoms with E-state index in [0.717, 1.165) is 17.1 Å². The molecule has 0 radical (unpaired) electrons. The van der Waals surface area contributed by atoms with E-state index < -0.39 is 0 Å². The quantitative estimate of drug-likeness (QED) is 0.104. The van der Waals surface area contributed by atoms with Crippen LogP contribution in [0.25, 0.3) is 254 Å². The number of hydrogen-bond donors (Lipinski definition) is 0. The summed E-state index contributed by atoms with van der Waals surface area (Å²) in [6.45, 7) is 0. The van der Waals surface area contributed by atoms with Gasteiger partial charge in [-0.1, -0.05) is 382 Å². The van der Waals surface area contributed by atoms with Crippen molar-refractivity contribution in [3.63, 3.8) is 0 Å². The molecule has 6 heterocycles. The molecule has 0 bridgehead atoms. The smallest absolute Gasteiger partial charge is 0.0547 e. The second-order valence-corrected chi connectivity index (χ2v) is 37.4. The lowest BCUT2D eigenvalue weighted by molar-refractivity contribution is 1.18. The molecule has 0 aliphatic rings. The molecule has 0 N–H and O–H groups in total. The number of para-hydroxylation sites is 9. The van der Waals surface area contributed by atoms with Crippen LogP contribution in [0.1, 0.15) is 0 Å². The second kappa shape index (κ2) is 35.7. The van der Waals surface area contributed by atoms with Gasteiger partial charge in [0.1, 0.15) is 0 Å². The van der Waals surface area contributed by atoms with Gasteiger partial charge in [-0.15, -0.1) is 0 Å². The van der Waals surface area contributed by atoms with E-state index in [2.05, 4.69) is 586 Å². The lowest BCUT2D eigenvalue weighted by atomic mass is 9.98. The average molecular weight is 1830 g/mol. The molecule has 0 saturated heterocycles. The van der Waals surface area contributed by atoms with Crippen LogP contribution in [0.5, 0.6) is 0 Å². The predicted molar refractivity (Wildman–Crippen MR) is 609 cm³/mol. The first-order valence-electron chi connectivity index (χ1n) is 49.5. The lowest BCUT2D eigenvalue weighted by Gasteiger charge is -2.11. The highest BCUT2D eigenvalue weighted by Gasteiger charge is 2.23. The van der Waals surface area contributed by atoms with E-state index in [1.807, 2.05) is 0 Å². The Labute approximate surface area is 833 Å². The van der Waals surface area contributed by atoms with E-state index in [1.165, 1.54) is 237 Å². The number of nitrogens with zero attached hydrogens (tertiary/aromatic N) is 6. The molecule has 6 heteroatoms. The Hall–Kier alpha value is -19.1. The topological polar surface area (TPSA) is 29.6 Å². The minimum Gasteiger partial charge on any atom is -0.309 e. The normalized spacial score (nSPS) is 11.6. The Balaban J connectivity index is 0.000000108. The van der Waals surface area contributed by atoms with Crippen molar-refractivity contribution in [2.24, 2.45) is 0 Å². The van der Waals surface area contributed by atoms with Gasteiger partial charge in [0.2, 0.25) is 0 Å². The Kier molecular flexibility index (Phi) is 20.9. The van der Waals surface area contributed by atoms with E-state index in [1.54, 1.807) is 0 Å². The summed E-state index contributed by atoms with van der Waals surface area (Å²) >= 11 is 0. The highest BCUT2D eigenvalue weighted by molar-refractivity contribution is 6.16. The number of fused-ring (bicyclic) bond motifs is 18. The Bertz CT molecular complexity index is 9940. The minimum absolute atomic E-state index is 1.15. The van der Waals surface area contributed by atoms with Crippen molar-refractivity contribution in [1.29, 1.82) is 0 Å². The van der Waals surface area contributed by atoms with Crippen LogP contribution in [0, 0.1) is 0 Å². The molecule has 0 spiro atoms. The largest absolute Gasteiger partial charge is 0.309 e. The average Bonchev–Trinajstić information content (AvgIpc) is 1.61. The summed E-state index contributed by atoms with van der Waals surface area (Å²) in [5.74, 6) is 0. The summed E-state index contributed by atoms with van der Waals surface area (Å²) in [5, 5.41) is 15.2. The fraction of sp³-hybridized carbons (Fsp3) is 0. The van der Waals surface area contributed by atoms with Crippen molar-refractivity contribution >= 4 is 131 Å². The molecule has 0 unspecified atom stereocenters. The zero-order chi connectivity index (χ0) is 95.1. The molecule has 0 atom stereocenters. The van der Waals surface area contributed by atoms with Crippen molar-refractivity contribution in [2.75, 3.05) is 0 Å². The molecule has 23 aromatic carbocycles. The number of hydrogen-bond acceptors (Lipinski definition) is 0. The molecule has 0 saturated carbocycles. The monoisotopic (exact) mass is 1830 g/mol. The molecule has 144 heavy (non-hydrogen) atoms. The number of rotatable bonds is 14. The fourth-order valence-corrected chi connectivity index (χ4v) is 22.3. The number of aromatic nitrogens is 6. The summed E-state index contributed by atoms with van der Waals surface area (Å²) < 4.78 is 14.3. The molecule has 29 rings (SSSR count). The van der Waals surface area contributed by atoms with Crippen LogP contribution in [0.2, 0.25) is 0 Å². The van der Waals surface area contributed by atoms with Crippen molar-refractivity contribution in [3.05, 3.63) is 558 Å². The van der Waals surface area contributed by atoms with Gasteiger partial charge >= 0.3 is 0 Å². The highest BCUT2D eigenvalue weighted by atomic mass is 15.0. The summed E-state index contributed by atoms with van der Waals surface area (Å²) in [4.78, 5) is 0. The molecule has 0 amide bonds. The summed E-state index contributed by atoms with van der Waals surface area (Å²) in [6.07, 6.45) is 0. The minimum atomic E-state index is 1.15. The van der Waals surface area contributed by atoms with Gasteiger partial charge in [0.15, 0.2) is 0 Å². The lowest BCUT2D eigenvalue weighted by Crippen LogP contribution is -1.94. The van der Waals surface area contributed by atoms with Crippen molar-refractivity contribution in [3.8, 4) is 123 Å². The third-order valence-corrected chi connectivity index (χ3v) is 29.2. The van der Waals surface area contributed by atoms with Crippen LogP contribution in [0.4, 0.5) is 0 Å². The summed E-state index contributed by atoms with van der Waals surface area (Å²) in [5.41, 5.74) is 41.1. The Morgan fingerprint density at radius 1 is 0.0764 bits per heavy atom. The van der Waals surface area contributed by atoms with Crippen LogP contribution in [0.3, 0.4) is 0 Å². The van der Waals surface area contributed by atoms with Gasteiger partial charge in [-0.3, -0.25) is 0 Å². The molecule has 0 fully saturated rings. The van der Waals surface area contributed by atoms with Crippen molar-refractivity contribution in [2.45, 2.75) is 0 Å². The second-order valence-electron chi connectivity index (χ2n) is 37.4. The van der Waals surface area contributed by atoms with E-state index in [-0.39, 0.29) is 0 Å². The number of benzene rings is 23. The fourth-order valence-electron chi connectivity index (χ4n) is 22.3. The molecule has 6 nitrogen and oxygen atoms in total. The first kappa shape index (κ1) is 84.2. The molecule has 0 aliphatic carbocycles. The van der Waals surface area contributed by atoms with Gasteiger partial charge in [0, 0.05) is 98.8 Å². The van der Waals surface area contributed by atoms with Crippen LogP contribution >= 0.6 is 0 Å². The third kappa shape index (κ3) is 14.8. The van der Waals surface area contributed by atoms with Crippen molar-refractivity contribution < 1.29 is 0 Å². The maximum Gasteiger partial charge on any atom is 0.0547 e. The Morgan fingerprint density at radius 3 is 0.514 bits per heavy atom. The highest BCUT2D eigenvalue weighted by Crippen LogP contribution is 2.45. The maximum absolute atomic E-state index is 2.41.